The number of rotatable bonds is 6. The van der Waals surface area contributed by atoms with E-state index in [2.05, 4.69) is 4.98 Å². The first-order chi connectivity index (χ1) is 17.0. The van der Waals surface area contributed by atoms with Crippen molar-refractivity contribution in [3.05, 3.63) is 77.6 Å². The molecule has 1 aliphatic rings. The van der Waals surface area contributed by atoms with Gasteiger partial charge in [0.1, 0.15) is 11.3 Å². The number of fused-ring (bicyclic) bond motifs is 1. The predicted molar refractivity (Wildman–Crippen MR) is 134 cm³/mol. The van der Waals surface area contributed by atoms with E-state index in [1.165, 1.54) is 16.2 Å². The third kappa shape index (κ3) is 4.26. The molecule has 0 unspecified atom stereocenters. The van der Waals surface area contributed by atoms with Crippen LogP contribution in [0.5, 0.6) is 5.75 Å². The number of carbonyl (C=O) groups excluding carboxylic acids is 3. The van der Waals surface area contributed by atoms with Gasteiger partial charge in [-0.05, 0) is 54.4 Å². The number of hydrogen-bond donors (Lipinski definition) is 0. The number of carbonyl (C=O) groups is 3. The molecule has 1 aliphatic heterocycles. The Kier molecular flexibility index (Phi) is 6.00. The summed E-state index contributed by atoms with van der Waals surface area (Å²) in [5.74, 6) is -0.0709. The lowest BCUT2D eigenvalue weighted by molar-refractivity contribution is -0.121. The fraction of sp³-hybridized carbons (Fsp3) is 0.192. The Morgan fingerprint density at radius 3 is 2.49 bits per heavy atom. The number of amides is 3. The maximum Gasteiger partial charge on any atom is 0.260 e. The number of thiazole rings is 1. The van der Waals surface area contributed by atoms with E-state index in [0.29, 0.717) is 27.6 Å². The zero-order valence-corrected chi connectivity index (χ0v) is 20.0. The maximum absolute atomic E-state index is 13.7. The molecule has 1 saturated heterocycles. The topological polar surface area (TPSA) is 92.7 Å². The summed E-state index contributed by atoms with van der Waals surface area (Å²) in [6.07, 6.45) is 3.81. The van der Waals surface area contributed by atoms with E-state index >= 15 is 0 Å². The lowest BCUT2D eigenvalue weighted by atomic mass is 10.1. The van der Waals surface area contributed by atoms with Crippen molar-refractivity contribution in [3.8, 4) is 5.75 Å². The second-order valence-corrected chi connectivity index (χ2v) is 9.16. The molecule has 0 aliphatic carbocycles. The van der Waals surface area contributed by atoms with Gasteiger partial charge in [0.15, 0.2) is 5.13 Å². The fourth-order valence-corrected chi connectivity index (χ4v) is 5.10. The molecule has 176 valence electrons. The smallest absolute Gasteiger partial charge is 0.260 e. The highest BCUT2D eigenvalue weighted by Gasteiger charge is 2.30. The second-order valence-electron chi connectivity index (χ2n) is 8.18. The lowest BCUT2D eigenvalue weighted by Crippen LogP contribution is -2.31. The number of methoxy groups -OCH3 is 1. The average Bonchev–Trinajstić information content (AvgIpc) is 3.47. The summed E-state index contributed by atoms with van der Waals surface area (Å²) in [5, 5.41) is 0.537. The molecule has 4 aromatic rings. The van der Waals surface area contributed by atoms with Crippen LogP contribution in [-0.4, -0.2) is 34.8 Å². The Hall–Kier alpha value is -4.11. The zero-order chi connectivity index (χ0) is 24.5. The minimum Gasteiger partial charge on any atom is -0.494 e. The molecular weight excluding hydrogens is 464 g/mol. The van der Waals surface area contributed by atoms with E-state index in [-0.39, 0.29) is 37.1 Å². The van der Waals surface area contributed by atoms with Crippen molar-refractivity contribution in [2.24, 2.45) is 0 Å². The summed E-state index contributed by atoms with van der Waals surface area (Å²) >= 11 is 1.42. The van der Waals surface area contributed by atoms with Gasteiger partial charge in [-0.2, -0.15) is 0 Å². The van der Waals surface area contributed by atoms with Gasteiger partial charge in [-0.15, -0.1) is 0 Å². The molecule has 2 aromatic carbocycles. The van der Waals surface area contributed by atoms with Gasteiger partial charge in [0.25, 0.3) is 5.91 Å². The van der Waals surface area contributed by atoms with Crippen LogP contribution in [-0.2, 0) is 16.1 Å². The zero-order valence-electron chi connectivity index (χ0n) is 19.2. The highest BCUT2D eigenvalue weighted by molar-refractivity contribution is 7.22. The van der Waals surface area contributed by atoms with Gasteiger partial charge in [-0.1, -0.05) is 23.5 Å². The third-order valence-electron chi connectivity index (χ3n) is 5.88. The maximum atomic E-state index is 13.7. The van der Waals surface area contributed by atoms with E-state index in [1.54, 1.807) is 48.7 Å². The normalized spacial score (nSPS) is 13.5. The quantitative estimate of drug-likeness (QED) is 0.373. The standard InChI is InChI=1S/C26H22N4O4S/c1-16-5-10-20(34-2)23-24(16)35-26(28-23)29(15-17-4-3-13-27-14-17)25(33)18-6-8-19(9-7-18)30-21(31)11-12-22(30)32/h3-10,13-14H,11-12,15H2,1-2H3. The van der Waals surface area contributed by atoms with Crippen LogP contribution in [0.4, 0.5) is 10.8 Å². The minimum absolute atomic E-state index is 0.207. The molecule has 35 heavy (non-hydrogen) atoms. The molecule has 0 atom stereocenters. The van der Waals surface area contributed by atoms with E-state index < -0.39 is 0 Å². The first kappa shape index (κ1) is 22.7. The molecule has 0 radical (unpaired) electrons. The summed E-state index contributed by atoms with van der Waals surface area (Å²) in [5.41, 5.74) is 3.49. The van der Waals surface area contributed by atoms with Crippen LogP contribution >= 0.6 is 11.3 Å². The molecule has 0 spiro atoms. The molecule has 5 rings (SSSR count). The molecule has 2 aromatic heterocycles. The van der Waals surface area contributed by atoms with Crippen molar-refractivity contribution >= 4 is 50.1 Å². The van der Waals surface area contributed by atoms with E-state index in [9.17, 15) is 14.4 Å². The molecule has 3 amide bonds. The van der Waals surface area contributed by atoms with Crippen molar-refractivity contribution in [1.82, 2.24) is 9.97 Å². The summed E-state index contributed by atoms with van der Waals surface area (Å²) < 4.78 is 6.44. The van der Waals surface area contributed by atoms with Crippen LogP contribution in [0.2, 0.25) is 0 Å². The summed E-state index contributed by atoms with van der Waals surface area (Å²) in [7, 11) is 1.60. The Labute approximate surface area is 205 Å². The van der Waals surface area contributed by atoms with Gasteiger partial charge in [0.2, 0.25) is 11.8 Å². The van der Waals surface area contributed by atoms with Gasteiger partial charge in [-0.3, -0.25) is 29.2 Å². The predicted octanol–water partition coefficient (Wildman–Crippen LogP) is 4.51. The summed E-state index contributed by atoms with van der Waals surface area (Å²) in [6, 6.07) is 14.1. The Morgan fingerprint density at radius 1 is 1.09 bits per heavy atom. The van der Waals surface area contributed by atoms with Crippen molar-refractivity contribution in [2.45, 2.75) is 26.3 Å². The Morgan fingerprint density at radius 2 is 1.83 bits per heavy atom. The first-order valence-electron chi connectivity index (χ1n) is 11.1. The monoisotopic (exact) mass is 486 g/mol. The summed E-state index contributed by atoms with van der Waals surface area (Å²) in [6.45, 7) is 2.27. The first-order valence-corrected chi connectivity index (χ1v) is 11.9. The van der Waals surface area contributed by atoms with Gasteiger partial charge in [-0.25, -0.2) is 4.98 Å². The lowest BCUT2D eigenvalue weighted by Gasteiger charge is -2.20. The highest BCUT2D eigenvalue weighted by atomic mass is 32.1. The molecule has 0 N–H and O–H groups in total. The van der Waals surface area contributed by atoms with Gasteiger partial charge in [0, 0.05) is 30.8 Å². The number of aryl methyl sites for hydroxylation is 1. The number of hydrogen-bond acceptors (Lipinski definition) is 7. The molecule has 0 bridgehead atoms. The fourth-order valence-electron chi connectivity index (χ4n) is 4.05. The van der Waals surface area contributed by atoms with E-state index in [0.717, 1.165) is 15.8 Å². The molecule has 1 fully saturated rings. The van der Waals surface area contributed by atoms with Crippen molar-refractivity contribution in [1.29, 1.82) is 0 Å². The van der Waals surface area contributed by atoms with Crippen LogP contribution < -0.4 is 14.5 Å². The number of nitrogens with zero attached hydrogens (tertiary/aromatic N) is 4. The number of ether oxygens (including phenoxy) is 1. The van der Waals surface area contributed by atoms with Crippen molar-refractivity contribution in [3.63, 3.8) is 0 Å². The second kappa shape index (κ2) is 9.27. The third-order valence-corrected chi connectivity index (χ3v) is 7.09. The van der Waals surface area contributed by atoms with Crippen LogP contribution in [0, 0.1) is 6.92 Å². The van der Waals surface area contributed by atoms with Gasteiger partial charge in [0.05, 0.1) is 24.0 Å². The SMILES string of the molecule is COc1ccc(C)c2sc(N(Cc3cccnc3)C(=O)c3ccc(N4C(=O)CCC4=O)cc3)nc12. The number of benzene rings is 2. The number of anilines is 2. The minimum atomic E-state index is -0.254. The molecule has 9 heteroatoms. The van der Waals surface area contributed by atoms with Gasteiger partial charge >= 0.3 is 0 Å². The Bertz CT molecular complexity index is 1420. The van der Waals surface area contributed by atoms with Crippen LogP contribution in [0.15, 0.2) is 60.9 Å². The van der Waals surface area contributed by atoms with Crippen molar-refractivity contribution < 1.29 is 19.1 Å². The highest BCUT2D eigenvalue weighted by Crippen LogP contribution is 2.37. The average molecular weight is 487 g/mol. The molecule has 8 nitrogen and oxygen atoms in total. The summed E-state index contributed by atoms with van der Waals surface area (Å²) in [4.78, 5) is 49.6. The van der Waals surface area contributed by atoms with E-state index in [1.807, 2.05) is 31.2 Å². The largest absolute Gasteiger partial charge is 0.494 e. The number of aromatic nitrogens is 2. The van der Waals surface area contributed by atoms with Crippen molar-refractivity contribution in [2.75, 3.05) is 16.9 Å². The number of imide groups is 1. The van der Waals surface area contributed by atoms with Crippen LogP contribution in [0.1, 0.15) is 34.3 Å². The molecule has 3 heterocycles. The van der Waals surface area contributed by atoms with Crippen LogP contribution in [0.3, 0.4) is 0 Å². The van der Waals surface area contributed by atoms with E-state index in [4.69, 9.17) is 9.72 Å². The van der Waals surface area contributed by atoms with Gasteiger partial charge < -0.3 is 4.74 Å². The molecular formula is C26H22N4O4S. The molecule has 0 saturated carbocycles. The number of pyridine rings is 1. The van der Waals surface area contributed by atoms with Crippen LogP contribution in [0.25, 0.3) is 10.2 Å². The Balaban J connectivity index is 1.53.